The second kappa shape index (κ2) is 8.47. The van der Waals surface area contributed by atoms with Crippen molar-refractivity contribution in [2.45, 2.75) is 25.5 Å². The Hall–Kier alpha value is -2.48. The number of nitrogens with zero attached hydrogens (tertiary/aromatic N) is 1. The monoisotopic (exact) mass is 438 g/mol. The highest BCUT2D eigenvalue weighted by Crippen LogP contribution is 2.33. The van der Waals surface area contributed by atoms with E-state index in [1.807, 2.05) is 24.3 Å². The number of nitrogens with one attached hydrogen (secondary N) is 1. The first-order valence-electron chi connectivity index (χ1n) is 8.36. The zero-order chi connectivity index (χ0) is 19.4. The molecule has 1 N–H and O–H groups in total. The second-order valence-electron chi connectivity index (χ2n) is 6.07. The molecule has 0 radical (unpaired) electrons. The summed E-state index contributed by atoms with van der Waals surface area (Å²) in [6.45, 7) is -2.41. The Labute approximate surface area is 163 Å². The van der Waals surface area contributed by atoms with E-state index in [9.17, 15) is 18.4 Å². The molecule has 0 aliphatic carbocycles. The first-order valence-corrected chi connectivity index (χ1v) is 9.15. The van der Waals surface area contributed by atoms with Gasteiger partial charge in [0.15, 0.2) is 0 Å². The molecule has 1 unspecified atom stereocenters. The standard InChI is InChI=1S/C19H17BrF2N2O3/c20-13-4-1-3-12(11-13)16-5-2-10-24(16)18(26)17(25)23-14-6-8-15(9-7-14)27-19(21)22/h1,3-4,6-9,11,16,19H,2,5,10H2,(H,23,25). The molecular weight excluding hydrogens is 422 g/mol. The van der Waals surface area contributed by atoms with E-state index in [4.69, 9.17) is 0 Å². The van der Waals surface area contributed by atoms with Crippen molar-refractivity contribution in [1.29, 1.82) is 0 Å². The molecule has 0 aromatic heterocycles. The molecule has 5 nitrogen and oxygen atoms in total. The number of alkyl halides is 2. The van der Waals surface area contributed by atoms with Gasteiger partial charge in [0.25, 0.3) is 0 Å². The molecule has 0 bridgehead atoms. The van der Waals surface area contributed by atoms with Gasteiger partial charge in [0.2, 0.25) is 0 Å². The van der Waals surface area contributed by atoms with E-state index in [2.05, 4.69) is 26.0 Å². The van der Waals surface area contributed by atoms with Crippen LogP contribution in [0.25, 0.3) is 0 Å². The highest BCUT2D eigenvalue weighted by molar-refractivity contribution is 9.10. The maximum atomic E-state index is 12.6. The number of hydrogen-bond acceptors (Lipinski definition) is 3. The SMILES string of the molecule is O=C(Nc1ccc(OC(F)F)cc1)C(=O)N1CCCC1c1cccc(Br)c1. The molecule has 1 saturated heterocycles. The second-order valence-corrected chi connectivity index (χ2v) is 6.98. The summed E-state index contributed by atoms with van der Waals surface area (Å²) < 4.78 is 29.5. The lowest BCUT2D eigenvalue weighted by atomic mass is 10.0. The number of carbonyl (C=O) groups excluding carboxylic acids is 2. The molecule has 1 aliphatic rings. The van der Waals surface area contributed by atoms with Crippen molar-refractivity contribution in [2.24, 2.45) is 0 Å². The molecule has 27 heavy (non-hydrogen) atoms. The third-order valence-corrected chi connectivity index (χ3v) is 4.77. The maximum Gasteiger partial charge on any atom is 0.387 e. The average Bonchev–Trinajstić information content (AvgIpc) is 3.12. The highest BCUT2D eigenvalue weighted by atomic mass is 79.9. The molecular formula is C19H17BrF2N2O3. The normalized spacial score (nSPS) is 16.4. The zero-order valence-corrected chi connectivity index (χ0v) is 15.8. The van der Waals surface area contributed by atoms with Crippen LogP contribution >= 0.6 is 15.9 Å². The summed E-state index contributed by atoms with van der Waals surface area (Å²) in [6, 6.07) is 12.9. The number of halogens is 3. The lowest BCUT2D eigenvalue weighted by molar-refractivity contribution is -0.143. The molecule has 2 aromatic rings. The molecule has 1 atom stereocenters. The van der Waals surface area contributed by atoms with Crippen LogP contribution in [0.5, 0.6) is 5.75 Å². The molecule has 1 heterocycles. The van der Waals surface area contributed by atoms with Crippen molar-refractivity contribution < 1.29 is 23.1 Å². The lowest BCUT2D eigenvalue weighted by Crippen LogP contribution is -2.39. The van der Waals surface area contributed by atoms with Crippen LogP contribution in [-0.4, -0.2) is 29.9 Å². The smallest absolute Gasteiger partial charge is 0.387 e. The van der Waals surface area contributed by atoms with E-state index in [1.54, 1.807) is 4.90 Å². The lowest BCUT2D eigenvalue weighted by Gasteiger charge is -2.24. The van der Waals surface area contributed by atoms with Crippen LogP contribution in [0.3, 0.4) is 0 Å². The number of ether oxygens (including phenoxy) is 1. The molecule has 0 spiro atoms. The fourth-order valence-electron chi connectivity index (χ4n) is 3.10. The van der Waals surface area contributed by atoms with Crippen LogP contribution in [-0.2, 0) is 9.59 Å². The Morgan fingerprint density at radius 3 is 2.59 bits per heavy atom. The van der Waals surface area contributed by atoms with Crippen LogP contribution in [0, 0.1) is 0 Å². The topological polar surface area (TPSA) is 58.6 Å². The van der Waals surface area contributed by atoms with Gasteiger partial charge in [-0.1, -0.05) is 28.1 Å². The van der Waals surface area contributed by atoms with Gasteiger partial charge in [0.05, 0.1) is 6.04 Å². The minimum Gasteiger partial charge on any atom is -0.435 e. The molecule has 2 aromatic carbocycles. The van der Waals surface area contributed by atoms with E-state index >= 15 is 0 Å². The van der Waals surface area contributed by atoms with Gasteiger partial charge >= 0.3 is 18.4 Å². The Bertz CT molecular complexity index is 830. The van der Waals surface area contributed by atoms with Crippen molar-refractivity contribution in [3.05, 3.63) is 58.6 Å². The summed E-state index contributed by atoms with van der Waals surface area (Å²) >= 11 is 3.42. The van der Waals surface area contributed by atoms with Gasteiger partial charge in [-0.15, -0.1) is 0 Å². The van der Waals surface area contributed by atoms with Gasteiger partial charge in [0, 0.05) is 16.7 Å². The fourth-order valence-corrected chi connectivity index (χ4v) is 3.52. The summed E-state index contributed by atoms with van der Waals surface area (Å²) in [5.41, 5.74) is 1.30. The molecule has 8 heteroatoms. The Balaban J connectivity index is 1.66. The fraction of sp³-hybridized carbons (Fsp3) is 0.263. The molecule has 1 fully saturated rings. The number of rotatable bonds is 4. The minimum atomic E-state index is -2.92. The van der Waals surface area contributed by atoms with Crippen molar-refractivity contribution in [3.8, 4) is 5.75 Å². The Morgan fingerprint density at radius 2 is 1.93 bits per heavy atom. The van der Waals surface area contributed by atoms with Crippen molar-refractivity contribution >= 4 is 33.4 Å². The number of anilines is 1. The van der Waals surface area contributed by atoms with E-state index in [0.717, 1.165) is 22.9 Å². The van der Waals surface area contributed by atoms with E-state index < -0.39 is 18.4 Å². The third-order valence-electron chi connectivity index (χ3n) is 4.28. The van der Waals surface area contributed by atoms with Gasteiger partial charge < -0.3 is 15.0 Å². The highest BCUT2D eigenvalue weighted by Gasteiger charge is 2.33. The molecule has 3 rings (SSSR count). The number of likely N-dealkylation sites (tertiary alicyclic amines) is 1. The maximum absolute atomic E-state index is 12.6. The van der Waals surface area contributed by atoms with Crippen molar-refractivity contribution in [3.63, 3.8) is 0 Å². The van der Waals surface area contributed by atoms with Crippen molar-refractivity contribution in [1.82, 2.24) is 4.90 Å². The van der Waals surface area contributed by atoms with Gasteiger partial charge in [-0.05, 0) is 54.8 Å². The van der Waals surface area contributed by atoms with E-state index in [1.165, 1.54) is 24.3 Å². The third kappa shape index (κ3) is 4.82. The molecule has 2 amide bonds. The predicted molar refractivity (Wildman–Crippen MR) is 99.5 cm³/mol. The number of amides is 2. The largest absolute Gasteiger partial charge is 0.435 e. The summed E-state index contributed by atoms with van der Waals surface area (Å²) in [6.07, 6.45) is 1.60. The summed E-state index contributed by atoms with van der Waals surface area (Å²) in [7, 11) is 0. The number of carbonyl (C=O) groups is 2. The quantitative estimate of drug-likeness (QED) is 0.721. The van der Waals surface area contributed by atoms with Crippen LogP contribution in [0.2, 0.25) is 0 Å². The van der Waals surface area contributed by atoms with Gasteiger partial charge in [-0.25, -0.2) is 0 Å². The van der Waals surface area contributed by atoms with Crippen LogP contribution in [0.1, 0.15) is 24.4 Å². The van der Waals surface area contributed by atoms with E-state index in [-0.39, 0.29) is 11.8 Å². The Morgan fingerprint density at radius 1 is 1.19 bits per heavy atom. The van der Waals surface area contributed by atoms with E-state index in [0.29, 0.717) is 12.2 Å². The van der Waals surface area contributed by atoms with Gasteiger partial charge in [-0.2, -0.15) is 8.78 Å². The zero-order valence-electron chi connectivity index (χ0n) is 14.2. The molecule has 1 aliphatic heterocycles. The van der Waals surface area contributed by atoms with Crippen LogP contribution < -0.4 is 10.1 Å². The minimum absolute atomic E-state index is 0.0245. The first-order chi connectivity index (χ1) is 12.9. The van der Waals surface area contributed by atoms with Crippen LogP contribution in [0.4, 0.5) is 14.5 Å². The molecule has 0 saturated carbocycles. The van der Waals surface area contributed by atoms with Gasteiger partial charge in [-0.3, -0.25) is 9.59 Å². The Kier molecular flexibility index (Phi) is 6.05. The summed E-state index contributed by atoms with van der Waals surface area (Å²) in [5.74, 6) is -1.41. The first kappa shape index (κ1) is 19.3. The number of hydrogen-bond donors (Lipinski definition) is 1. The summed E-state index contributed by atoms with van der Waals surface area (Å²) in [5, 5.41) is 2.50. The predicted octanol–water partition coefficient (Wildman–Crippen LogP) is 4.35. The van der Waals surface area contributed by atoms with Gasteiger partial charge in [0.1, 0.15) is 5.75 Å². The number of benzene rings is 2. The van der Waals surface area contributed by atoms with Crippen molar-refractivity contribution in [2.75, 3.05) is 11.9 Å². The molecule has 142 valence electrons. The summed E-state index contributed by atoms with van der Waals surface area (Å²) in [4.78, 5) is 26.5. The average molecular weight is 439 g/mol. The van der Waals surface area contributed by atoms with Crippen LogP contribution in [0.15, 0.2) is 53.0 Å².